The van der Waals surface area contributed by atoms with Crippen molar-refractivity contribution in [3.8, 4) is 6.07 Å². The van der Waals surface area contributed by atoms with Gasteiger partial charge in [0.1, 0.15) is 6.04 Å². The van der Waals surface area contributed by atoms with Gasteiger partial charge >= 0.3 is 0 Å². The molecule has 0 N–H and O–H groups in total. The van der Waals surface area contributed by atoms with E-state index < -0.39 is 0 Å². The number of piperazine rings is 1. The molecule has 0 bridgehead atoms. The van der Waals surface area contributed by atoms with Gasteiger partial charge in [-0.1, -0.05) is 38.1 Å². The van der Waals surface area contributed by atoms with E-state index in [0.29, 0.717) is 18.5 Å². The molecule has 0 saturated carbocycles. The van der Waals surface area contributed by atoms with E-state index in [1.165, 1.54) is 11.1 Å². The molecule has 1 heterocycles. The van der Waals surface area contributed by atoms with Gasteiger partial charge in [0.05, 0.1) is 12.6 Å². The van der Waals surface area contributed by atoms with Gasteiger partial charge in [-0.3, -0.25) is 14.6 Å². The maximum atomic E-state index is 12.8. The summed E-state index contributed by atoms with van der Waals surface area (Å²) in [7, 11) is 2.06. The summed E-state index contributed by atoms with van der Waals surface area (Å²) in [4.78, 5) is 19.1. The van der Waals surface area contributed by atoms with Crippen molar-refractivity contribution in [3.63, 3.8) is 0 Å². The molecule has 1 saturated heterocycles. The molecular weight excluding hydrogens is 324 g/mol. The summed E-state index contributed by atoms with van der Waals surface area (Å²) in [5, 5.41) is 9.37. The number of carbonyl (C=O) groups is 1. The second-order valence-electron chi connectivity index (χ2n) is 7.90. The Morgan fingerprint density at radius 3 is 2.62 bits per heavy atom. The van der Waals surface area contributed by atoms with E-state index in [1.807, 2.05) is 4.90 Å². The van der Waals surface area contributed by atoms with Crippen LogP contribution >= 0.6 is 0 Å². The zero-order valence-electron chi connectivity index (χ0n) is 16.2. The number of rotatable bonds is 5. The predicted octanol–water partition coefficient (Wildman–Crippen LogP) is 2.30. The van der Waals surface area contributed by atoms with Crippen molar-refractivity contribution >= 4 is 5.91 Å². The molecule has 1 aliphatic heterocycles. The van der Waals surface area contributed by atoms with Crippen LogP contribution in [0.2, 0.25) is 0 Å². The first-order valence-electron chi connectivity index (χ1n) is 9.70. The molecule has 5 heteroatoms. The molecule has 26 heavy (non-hydrogen) atoms. The summed E-state index contributed by atoms with van der Waals surface area (Å²) < 4.78 is 0. The van der Waals surface area contributed by atoms with Crippen LogP contribution in [-0.2, 0) is 11.2 Å². The number of amides is 1. The van der Waals surface area contributed by atoms with E-state index in [1.54, 1.807) is 0 Å². The molecule has 2 aliphatic rings. The lowest BCUT2D eigenvalue weighted by molar-refractivity contribution is -0.134. The van der Waals surface area contributed by atoms with Crippen LogP contribution in [0.5, 0.6) is 0 Å². The van der Waals surface area contributed by atoms with Gasteiger partial charge in [-0.25, -0.2) is 0 Å². The lowest BCUT2D eigenvalue weighted by Gasteiger charge is -2.39. The molecule has 1 fully saturated rings. The van der Waals surface area contributed by atoms with Crippen LogP contribution in [-0.4, -0.2) is 66.4 Å². The molecule has 5 nitrogen and oxygen atoms in total. The van der Waals surface area contributed by atoms with Gasteiger partial charge in [-0.2, -0.15) is 5.26 Å². The maximum absolute atomic E-state index is 12.8. The molecule has 140 valence electrons. The van der Waals surface area contributed by atoms with E-state index in [2.05, 4.69) is 61.0 Å². The third-order valence-electron chi connectivity index (χ3n) is 5.84. The Morgan fingerprint density at radius 2 is 1.96 bits per heavy atom. The Hall–Kier alpha value is -1.90. The molecule has 3 rings (SSSR count). The third-order valence-corrected chi connectivity index (χ3v) is 5.84. The summed E-state index contributed by atoms with van der Waals surface area (Å²) in [5.74, 6) is 0.519. The number of nitrogens with zero attached hydrogens (tertiary/aromatic N) is 4. The maximum Gasteiger partial charge on any atom is 0.236 e. The molecule has 0 radical (unpaired) electrons. The summed E-state index contributed by atoms with van der Waals surface area (Å²) in [6, 6.07) is 11.3. The highest BCUT2D eigenvalue weighted by atomic mass is 16.2. The van der Waals surface area contributed by atoms with Crippen LogP contribution in [0.15, 0.2) is 24.3 Å². The van der Waals surface area contributed by atoms with E-state index >= 15 is 0 Å². The van der Waals surface area contributed by atoms with Crippen molar-refractivity contribution in [2.24, 2.45) is 5.92 Å². The molecule has 0 spiro atoms. The average molecular weight is 354 g/mol. The number of aryl methyl sites for hydroxylation is 1. The molecule has 1 aromatic rings. The topological polar surface area (TPSA) is 50.6 Å². The molecule has 1 amide bonds. The zero-order valence-corrected chi connectivity index (χ0v) is 16.2. The number of hydrogen-bond acceptors (Lipinski definition) is 4. The van der Waals surface area contributed by atoms with E-state index in [4.69, 9.17) is 0 Å². The highest BCUT2D eigenvalue weighted by Gasteiger charge is 2.30. The Balaban J connectivity index is 1.53. The zero-order chi connectivity index (χ0) is 18.7. The van der Waals surface area contributed by atoms with Crippen LogP contribution in [0, 0.1) is 17.2 Å². The van der Waals surface area contributed by atoms with Crippen LogP contribution < -0.4 is 0 Å². The lowest BCUT2D eigenvalue weighted by atomic mass is 10.0. The summed E-state index contributed by atoms with van der Waals surface area (Å²) in [6.45, 7) is 7.65. The molecule has 0 unspecified atom stereocenters. The highest BCUT2D eigenvalue weighted by molar-refractivity contribution is 5.78. The molecular formula is C21H30N4O. The van der Waals surface area contributed by atoms with Gasteiger partial charge in [0.25, 0.3) is 0 Å². The molecule has 0 aromatic heterocycles. The van der Waals surface area contributed by atoms with Gasteiger partial charge in [-0.05, 0) is 36.9 Å². The fourth-order valence-corrected chi connectivity index (χ4v) is 4.32. The Kier molecular flexibility index (Phi) is 5.95. The fraction of sp³-hybridized carbons (Fsp3) is 0.619. The number of carbonyl (C=O) groups excluding carboxylic acids is 1. The Labute approximate surface area is 157 Å². The SMILES string of the molecule is CC(C)[C@@H](C#N)N1CCN(C(=O)CN(C)[C@@H]2CCc3ccccc32)CC1. The number of likely N-dealkylation sites (N-methyl/N-ethyl adjacent to an activating group) is 1. The van der Waals surface area contributed by atoms with E-state index in [0.717, 1.165) is 39.0 Å². The third kappa shape index (κ3) is 3.92. The number of fused-ring (bicyclic) bond motifs is 1. The van der Waals surface area contributed by atoms with Gasteiger partial charge in [0.15, 0.2) is 0 Å². The second kappa shape index (κ2) is 8.20. The summed E-state index contributed by atoms with van der Waals surface area (Å²) in [6.07, 6.45) is 2.19. The van der Waals surface area contributed by atoms with Crippen molar-refractivity contribution in [1.82, 2.24) is 14.7 Å². The van der Waals surface area contributed by atoms with Crippen molar-refractivity contribution < 1.29 is 4.79 Å². The van der Waals surface area contributed by atoms with E-state index in [-0.39, 0.29) is 11.9 Å². The monoisotopic (exact) mass is 354 g/mol. The lowest BCUT2D eigenvalue weighted by Crippen LogP contribution is -2.54. The van der Waals surface area contributed by atoms with Crippen LogP contribution in [0.1, 0.15) is 37.4 Å². The van der Waals surface area contributed by atoms with Crippen molar-refractivity contribution in [2.75, 3.05) is 39.8 Å². The Bertz CT molecular complexity index is 673. The van der Waals surface area contributed by atoms with Crippen LogP contribution in [0.4, 0.5) is 0 Å². The molecule has 1 aliphatic carbocycles. The van der Waals surface area contributed by atoms with Crippen molar-refractivity contribution in [3.05, 3.63) is 35.4 Å². The Morgan fingerprint density at radius 1 is 1.27 bits per heavy atom. The normalized spacial score (nSPS) is 21.7. The largest absolute Gasteiger partial charge is 0.339 e. The highest BCUT2D eigenvalue weighted by Crippen LogP contribution is 2.34. The van der Waals surface area contributed by atoms with E-state index in [9.17, 15) is 10.1 Å². The molecule has 1 aromatic carbocycles. The summed E-state index contributed by atoms with van der Waals surface area (Å²) in [5.41, 5.74) is 2.79. The van der Waals surface area contributed by atoms with Gasteiger partial charge in [-0.15, -0.1) is 0 Å². The number of nitriles is 1. The van der Waals surface area contributed by atoms with Crippen LogP contribution in [0.3, 0.4) is 0 Å². The smallest absolute Gasteiger partial charge is 0.236 e. The van der Waals surface area contributed by atoms with Crippen molar-refractivity contribution in [1.29, 1.82) is 5.26 Å². The van der Waals surface area contributed by atoms with Gasteiger partial charge in [0, 0.05) is 32.2 Å². The predicted molar refractivity (Wildman–Crippen MR) is 103 cm³/mol. The van der Waals surface area contributed by atoms with Gasteiger partial charge < -0.3 is 4.90 Å². The second-order valence-corrected chi connectivity index (χ2v) is 7.90. The number of benzene rings is 1. The first-order chi connectivity index (χ1) is 12.5. The minimum atomic E-state index is -0.0510. The average Bonchev–Trinajstić information content (AvgIpc) is 3.06. The van der Waals surface area contributed by atoms with Crippen LogP contribution in [0.25, 0.3) is 0 Å². The fourth-order valence-electron chi connectivity index (χ4n) is 4.32. The summed E-state index contributed by atoms with van der Waals surface area (Å²) >= 11 is 0. The minimum Gasteiger partial charge on any atom is -0.339 e. The standard InChI is InChI=1S/C21H30N4O/c1-16(2)20(14-22)24-10-12-25(13-11-24)21(26)15-23(3)19-9-8-17-6-4-5-7-18(17)19/h4-7,16,19-20H,8-13,15H2,1-3H3/t19-,20-/m1/s1. The molecule has 2 atom stereocenters. The first-order valence-corrected chi connectivity index (χ1v) is 9.70. The van der Waals surface area contributed by atoms with Gasteiger partial charge in [0.2, 0.25) is 5.91 Å². The first kappa shape index (κ1) is 18.9. The van der Waals surface area contributed by atoms with Crippen molar-refractivity contribution in [2.45, 2.75) is 38.8 Å². The number of hydrogen-bond donors (Lipinski definition) is 0. The minimum absolute atomic E-state index is 0.0510. The quantitative estimate of drug-likeness (QED) is 0.814.